The van der Waals surface area contributed by atoms with Gasteiger partial charge in [-0.25, -0.2) is 4.39 Å². The molecule has 0 saturated carbocycles. The van der Waals surface area contributed by atoms with E-state index in [4.69, 9.17) is 5.26 Å². The minimum atomic E-state index is -0.268. The van der Waals surface area contributed by atoms with Gasteiger partial charge in [-0.1, -0.05) is 12.8 Å². The van der Waals surface area contributed by atoms with Gasteiger partial charge in [0.1, 0.15) is 5.82 Å². The van der Waals surface area contributed by atoms with Crippen LogP contribution >= 0.6 is 0 Å². The van der Waals surface area contributed by atoms with Gasteiger partial charge in [-0.05, 0) is 57.0 Å². The van der Waals surface area contributed by atoms with Crippen molar-refractivity contribution in [1.82, 2.24) is 4.90 Å². The number of hydrogen-bond donors (Lipinski definition) is 0. The van der Waals surface area contributed by atoms with Crippen LogP contribution in [0.25, 0.3) is 0 Å². The fourth-order valence-corrected chi connectivity index (χ4v) is 3.76. The van der Waals surface area contributed by atoms with E-state index in [0.717, 1.165) is 19.5 Å². The summed E-state index contributed by atoms with van der Waals surface area (Å²) in [6.07, 6.45) is 7.60. The van der Waals surface area contributed by atoms with Crippen LogP contribution in [-0.2, 0) is 0 Å². The zero-order chi connectivity index (χ0) is 15.4. The summed E-state index contributed by atoms with van der Waals surface area (Å²) >= 11 is 0. The normalized spacial score (nSPS) is 23.8. The molecule has 0 radical (unpaired) electrons. The SMILES string of the molecule is N#Cc1ccc(N2CCCC(N3CCCCCC3)C2)c(F)c1. The van der Waals surface area contributed by atoms with Gasteiger partial charge in [0.05, 0.1) is 17.3 Å². The van der Waals surface area contributed by atoms with Gasteiger partial charge < -0.3 is 4.90 Å². The summed E-state index contributed by atoms with van der Waals surface area (Å²) in [5.41, 5.74) is 1.04. The van der Waals surface area contributed by atoms with Gasteiger partial charge >= 0.3 is 0 Å². The maximum Gasteiger partial charge on any atom is 0.147 e. The molecule has 0 aromatic heterocycles. The number of rotatable bonds is 2. The fourth-order valence-electron chi connectivity index (χ4n) is 3.76. The highest BCUT2D eigenvalue weighted by molar-refractivity contribution is 5.51. The average Bonchev–Trinajstić information content (AvgIpc) is 2.84. The molecule has 0 amide bonds. The molecule has 3 rings (SSSR count). The van der Waals surface area contributed by atoms with E-state index in [1.165, 1.54) is 51.3 Å². The van der Waals surface area contributed by atoms with Gasteiger partial charge in [0.25, 0.3) is 0 Å². The topological polar surface area (TPSA) is 30.3 Å². The summed E-state index contributed by atoms with van der Waals surface area (Å²) in [5, 5.41) is 8.87. The molecule has 2 aliphatic rings. The first-order valence-electron chi connectivity index (χ1n) is 8.46. The number of benzene rings is 1. The van der Waals surface area contributed by atoms with Crippen LogP contribution < -0.4 is 4.90 Å². The van der Waals surface area contributed by atoms with Gasteiger partial charge in [-0.15, -0.1) is 0 Å². The molecule has 2 saturated heterocycles. The molecule has 1 unspecified atom stereocenters. The minimum absolute atomic E-state index is 0.268. The van der Waals surface area contributed by atoms with Crippen molar-refractivity contribution >= 4 is 5.69 Å². The van der Waals surface area contributed by atoms with Gasteiger partial charge in [-0.3, -0.25) is 4.90 Å². The predicted octanol–water partition coefficient (Wildman–Crippen LogP) is 3.54. The Balaban J connectivity index is 1.71. The van der Waals surface area contributed by atoms with Crippen molar-refractivity contribution in [2.75, 3.05) is 31.1 Å². The van der Waals surface area contributed by atoms with Crippen LogP contribution in [-0.4, -0.2) is 37.1 Å². The quantitative estimate of drug-likeness (QED) is 0.837. The van der Waals surface area contributed by atoms with Crippen LogP contribution in [0, 0.1) is 17.1 Å². The lowest BCUT2D eigenvalue weighted by molar-refractivity contribution is 0.182. The lowest BCUT2D eigenvalue weighted by atomic mass is 10.0. The lowest BCUT2D eigenvalue weighted by Gasteiger charge is -2.40. The number of piperidine rings is 1. The van der Waals surface area contributed by atoms with E-state index in [1.807, 2.05) is 6.07 Å². The monoisotopic (exact) mass is 301 g/mol. The Morgan fingerprint density at radius 1 is 1.05 bits per heavy atom. The van der Waals surface area contributed by atoms with E-state index in [0.29, 0.717) is 17.3 Å². The summed E-state index contributed by atoms with van der Waals surface area (Å²) in [5.74, 6) is -0.268. The Bertz CT molecular complexity index is 544. The summed E-state index contributed by atoms with van der Waals surface area (Å²) in [6.45, 7) is 4.19. The molecule has 0 bridgehead atoms. The Morgan fingerprint density at radius 3 is 2.50 bits per heavy atom. The maximum atomic E-state index is 14.2. The number of anilines is 1. The van der Waals surface area contributed by atoms with Crippen LogP contribution in [0.15, 0.2) is 18.2 Å². The average molecular weight is 301 g/mol. The maximum absolute atomic E-state index is 14.2. The Labute approximate surface area is 132 Å². The molecule has 3 nitrogen and oxygen atoms in total. The van der Waals surface area contributed by atoms with Crippen molar-refractivity contribution in [1.29, 1.82) is 5.26 Å². The van der Waals surface area contributed by atoms with E-state index >= 15 is 0 Å². The second-order valence-electron chi connectivity index (χ2n) is 6.47. The Hall–Kier alpha value is -1.60. The van der Waals surface area contributed by atoms with Crippen molar-refractivity contribution in [3.05, 3.63) is 29.6 Å². The number of halogens is 1. The highest BCUT2D eigenvalue weighted by Gasteiger charge is 2.27. The smallest absolute Gasteiger partial charge is 0.147 e. The molecule has 22 heavy (non-hydrogen) atoms. The molecule has 0 N–H and O–H groups in total. The van der Waals surface area contributed by atoms with Gasteiger partial charge in [0.15, 0.2) is 0 Å². The van der Waals surface area contributed by atoms with Crippen molar-refractivity contribution in [3.8, 4) is 6.07 Å². The predicted molar refractivity (Wildman–Crippen MR) is 86.4 cm³/mol. The Kier molecular flexibility index (Phi) is 4.94. The molecule has 2 heterocycles. The van der Waals surface area contributed by atoms with Gasteiger partial charge in [-0.2, -0.15) is 5.26 Å². The molecule has 1 aromatic carbocycles. The summed E-state index contributed by atoms with van der Waals surface area (Å²) in [6, 6.07) is 7.37. The lowest BCUT2D eigenvalue weighted by Crippen LogP contribution is -2.48. The Morgan fingerprint density at radius 2 is 1.82 bits per heavy atom. The molecule has 1 atom stereocenters. The van der Waals surface area contributed by atoms with E-state index in [2.05, 4.69) is 9.80 Å². The highest BCUT2D eigenvalue weighted by atomic mass is 19.1. The van der Waals surface area contributed by atoms with Gasteiger partial charge in [0, 0.05) is 19.1 Å². The molecule has 1 aromatic rings. The van der Waals surface area contributed by atoms with Crippen molar-refractivity contribution < 1.29 is 4.39 Å². The van der Waals surface area contributed by atoms with Crippen molar-refractivity contribution in [3.63, 3.8) is 0 Å². The van der Waals surface area contributed by atoms with E-state index in [1.54, 1.807) is 12.1 Å². The molecule has 0 aliphatic carbocycles. The number of nitriles is 1. The first-order chi connectivity index (χ1) is 10.8. The number of nitrogens with zero attached hydrogens (tertiary/aromatic N) is 3. The van der Waals surface area contributed by atoms with E-state index in [-0.39, 0.29) is 5.82 Å². The van der Waals surface area contributed by atoms with E-state index in [9.17, 15) is 4.39 Å². The van der Waals surface area contributed by atoms with E-state index < -0.39 is 0 Å². The third-order valence-electron chi connectivity index (χ3n) is 4.97. The molecular weight excluding hydrogens is 277 g/mol. The number of likely N-dealkylation sites (tertiary alicyclic amines) is 1. The molecule has 2 aliphatic heterocycles. The zero-order valence-corrected chi connectivity index (χ0v) is 13.1. The zero-order valence-electron chi connectivity index (χ0n) is 13.1. The largest absolute Gasteiger partial charge is 0.368 e. The molecule has 4 heteroatoms. The summed E-state index contributed by atoms with van der Waals surface area (Å²) in [7, 11) is 0. The highest BCUT2D eigenvalue weighted by Crippen LogP contribution is 2.26. The molecule has 0 spiro atoms. The standard InChI is InChI=1S/C18H24FN3/c19-17-12-15(13-20)7-8-18(17)22-11-5-6-16(14-22)21-9-3-1-2-4-10-21/h7-8,12,16H,1-6,9-11,14H2. The first-order valence-corrected chi connectivity index (χ1v) is 8.46. The van der Waals surface area contributed by atoms with Crippen LogP contribution in [0.3, 0.4) is 0 Å². The molecule has 118 valence electrons. The third-order valence-corrected chi connectivity index (χ3v) is 4.97. The third kappa shape index (κ3) is 3.41. The number of hydrogen-bond acceptors (Lipinski definition) is 3. The van der Waals surface area contributed by atoms with Crippen LogP contribution in [0.1, 0.15) is 44.1 Å². The first kappa shape index (κ1) is 15.3. The molecule has 2 fully saturated rings. The summed E-state index contributed by atoms with van der Waals surface area (Å²) in [4.78, 5) is 4.77. The van der Waals surface area contributed by atoms with Gasteiger partial charge in [0.2, 0.25) is 0 Å². The minimum Gasteiger partial charge on any atom is -0.368 e. The fraction of sp³-hybridized carbons (Fsp3) is 0.611. The second-order valence-corrected chi connectivity index (χ2v) is 6.47. The van der Waals surface area contributed by atoms with Crippen molar-refractivity contribution in [2.24, 2.45) is 0 Å². The second kappa shape index (κ2) is 7.11. The van der Waals surface area contributed by atoms with Crippen molar-refractivity contribution in [2.45, 2.75) is 44.6 Å². The van der Waals surface area contributed by atoms with Crippen LogP contribution in [0.2, 0.25) is 0 Å². The summed E-state index contributed by atoms with van der Waals surface area (Å²) < 4.78 is 14.2. The molecular formula is C18H24FN3. The van der Waals surface area contributed by atoms with Crippen LogP contribution in [0.5, 0.6) is 0 Å². The van der Waals surface area contributed by atoms with Crippen LogP contribution in [0.4, 0.5) is 10.1 Å².